The third kappa shape index (κ3) is 1.96. The van der Waals surface area contributed by atoms with Gasteiger partial charge in [-0.3, -0.25) is 9.20 Å². The van der Waals surface area contributed by atoms with Crippen LogP contribution in [-0.4, -0.2) is 27.0 Å². The molecular weight excluding hydrogens is 288 g/mol. The van der Waals surface area contributed by atoms with Gasteiger partial charge in [0.15, 0.2) is 0 Å². The number of pyridine rings is 2. The largest absolute Gasteiger partial charge is 0.316 e. The number of nitrogens with zero attached hydrogens (tertiary/aromatic N) is 3. The van der Waals surface area contributed by atoms with Crippen LogP contribution in [0.1, 0.15) is 18.0 Å². The molecule has 1 saturated heterocycles. The lowest BCUT2D eigenvalue weighted by atomic mass is 9.83. The summed E-state index contributed by atoms with van der Waals surface area (Å²) in [5.74, 6) is 1.02. The predicted molar refractivity (Wildman–Crippen MR) is 88.6 cm³/mol. The van der Waals surface area contributed by atoms with Crippen LogP contribution in [0.25, 0.3) is 16.9 Å². The van der Waals surface area contributed by atoms with Gasteiger partial charge < -0.3 is 9.88 Å². The Labute approximate surface area is 133 Å². The van der Waals surface area contributed by atoms with Gasteiger partial charge in [-0.25, -0.2) is 4.98 Å². The van der Waals surface area contributed by atoms with Crippen LogP contribution in [-0.2, 0) is 6.54 Å². The molecule has 3 aromatic rings. The van der Waals surface area contributed by atoms with E-state index in [4.69, 9.17) is 0 Å². The van der Waals surface area contributed by atoms with Gasteiger partial charge in [0.25, 0.3) is 5.56 Å². The molecule has 5 rings (SSSR count). The van der Waals surface area contributed by atoms with Crippen LogP contribution in [0.5, 0.6) is 0 Å². The molecule has 116 valence electrons. The third-order valence-corrected chi connectivity index (χ3v) is 5.17. The zero-order valence-corrected chi connectivity index (χ0v) is 12.8. The first-order chi connectivity index (χ1) is 11.3. The van der Waals surface area contributed by atoms with E-state index in [0.29, 0.717) is 11.8 Å². The molecule has 3 aromatic heterocycles. The van der Waals surface area contributed by atoms with Gasteiger partial charge in [0.2, 0.25) is 0 Å². The summed E-state index contributed by atoms with van der Waals surface area (Å²) in [6, 6.07) is 9.88. The van der Waals surface area contributed by atoms with Gasteiger partial charge in [-0.15, -0.1) is 0 Å². The number of aromatic nitrogens is 3. The average Bonchev–Trinajstić information content (AvgIpc) is 3.00. The summed E-state index contributed by atoms with van der Waals surface area (Å²) in [4.78, 5) is 17.1. The highest BCUT2D eigenvalue weighted by atomic mass is 16.1. The minimum Gasteiger partial charge on any atom is -0.316 e. The van der Waals surface area contributed by atoms with Crippen LogP contribution < -0.4 is 10.9 Å². The van der Waals surface area contributed by atoms with Crippen molar-refractivity contribution in [3.8, 4) is 11.3 Å². The number of hydrogen-bond donors (Lipinski definition) is 1. The van der Waals surface area contributed by atoms with Gasteiger partial charge in [0.05, 0.1) is 11.9 Å². The van der Waals surface area contributed by atoms with E-state index < -0.39 is 0 Å². The van der Waals surface area contributed by atoms with E-state index in [9.17, 15) is 4.79 Å². The molecule has 0 amide bonds. The monoisotopic (exact) mass is 306 g/mol. The van der Waals surface area contributed by atoms with Gasteiger partial charge in [-0.05, 0) is 37.1 Å². The first-order valence-corrected chi connectivity index (χ1v) is 8.17. The number of piperidine rings is 1. The molecule has 5 nitrogen and oxygen atoms in total. The molecule has 2 aliphatic rings. The number of nitrogens with one attached hydrogen (secondary N) is 1. The fraction of sp³-hybridized carbons (Fsp3) is 0.333. The average molecular weight is 306 g/mol. The lowest BCUT2D eigenvalue weighted by Crippen LogP contribution is -2.44. The Bertz CT molecular complexity index is 955. The van der Waals surface area contributed by atoms with Gasteiger partial charge in [-0.2, -0.15) is 0 Å². The second-order valence-corrected chi connectivity index (χ2v) is 6.65. The summed E-state index contributed by atoms with van der Waals surface area (Å²) in [5.41, 5.74) is 4.12. The van der Waals surface area contributed by atoms with Crippen LogP contribution >= 0.6 is 0 Å². The van der Waals surface area contributed by atoms with Crippen molar-refractivity contribution in [2.24, 2.45) is 5.92 Å². The molecule has 2 aliphatic heterocycles. The van der Waals surface area contributed by atoms with Crippen molar-refractivity contribution < 1.29 is 0 Å². The minimum atomic E-state index is 0.111. The van der Waals surface area contributed by atoms with E-state index in [1.165, 1.54) is 12.1 Å². The van der Waals surface area contributed by atoms with E-state index >= 15 is 0 Å². The van der Waals surface area contributed by atoms with Gasteiger partial charge in [0, 0.05) is 42.5 Å². The molecular formula is C18H18N4O. The van der Waals surface area contributed by atoms with Crippen molar-refractivity contribution in [3.63, 3.8) is 0 Å². The SMILES string of the molecule is O=c1cc(-c2cnc3ccccn23)cc2n1C[C@@H]1CNC[C@H]2C1. The van der Waals surface area contributed by atoms with Crippen molar-refractivity contribution >= 4 is 5.65 Å². The van der Waals surface area contributed by atoms with Crippen molar-refractivity contribution in [1.29, 1.82) is 0 Å². The number of rotatable bonds is 1. The molecule has 23 heavy (non-hydrogen) atoms. The Kier molecular flexibility index (Phi) is 2.73. The van der Waals surface area contributed by atoms with E-state index in [1.54, 1.807) is 6.07 Å². The quantitative estimate of drug-likeness (QED) is 0.747. The highest BCUT2D eigenvalue weighted by Crippen LogP contribution is 2.33. The van der Waals surface area contributed by atoms with E-state index in [-0.39, 0.29) is 5.56 Å². The minimum absolute atomic E-state index is 0.111. The molecule has 2 bridgehead atoms. The highest BCUT2D eigenvalue weighted by molar-refractivity contribution is 5.64. The Balaban J connectivity index is 1.71. The summed E-state index contributed by atoms with van der Waals surface area (Å²) in [5, 5.41) is 3.50. The van der Waals surface area contributed by atoms with Gasteiger partial charge in [-0.1, -0.05) is 6.07 Å². The van der Waals surface area contributed by atoms with E-state index in [2.05, 4.69) is 16.4 Å². The molecule has 5 heteroatoms. The van der Waals surface area contributed by atoms with Crippen molar-refractivity contribution in [1.82, 2.24) is 19.3 Å². The summed E-state index contributed by atoms with van der Waals surface area (Å²) in [6.07, 6.45) is 5.03. The molecule has 0 radical (unpaired) electrons. The molecule has 0 saturated carbocycles. The Morgan fingerprint density at radius 3 is 3.13 bits per heavy atom. The molecule has 1 fully saturated rings. The number of imidazole rings is 1. The summed E-state index contributed by atoms with van der Waals surface area (Å²) in [6.45, 7) is 2.83. The number of fused-ring (bicyclic) bond motifs is 5. The Hall–Kier alpha value is -2.40. The third-order valence-electron chi connectivity index (χ3n) is 5.17. The predicted octanol–water partition coefficient (Wildman–Crippen LogP) is 1.87. The summed E-state index contributed by atoms with van der Waals surface area (Å²) >= 11 is 0. The molecule has 2 atom stereocenters. The highest BCUT2D eigenvalue weighted by Gasteiger charge is 2.31. The van der Waals surface area contributed by atoms with Crippen LogP contribution in [0.3, 0.4) is 0 Å². The zero-order chi connectivity index (χ0) is 15.4. The van der Waals surface area contributed by atoms with E-state index in [1.807, 2.05) is 39.6 Å². The van der Waals surface area contributed by atoms with Crippen molar-refractivity contribution in [2.75, 3.05) is 13.1 Å². The van der Waals surface area contributed by atoms with Gasteiger partial charge in [0.1, 0.15) is 5.65 Å². The topological polar surface area (TPSA) is 51.3 Å². The fourth-order valence-electron chi connectivity index (χ4n) is 4.10. The maximum Gasteiger partial charge on any atom is 0.251 e. The fourth-order valence-corrected chi connectivity index (χ4v) is 4.10. The van der Waals surface area contributed by atoms with Crippen molar-refractivity contribution in [3.05, 3.63) is 58.8 Å². The van der Waals surface area contributed by atoms with Crippen LogP contribution in [0.15, 0.2) is 47.5 Å². The second kappa shape index (κ2) is 4.80. The molecule has 5 heterocycles. The molecule has 0 aliphatic carbocycles. The number of hydrogen-bond acceptors (Lipinski definition) is 3. The Morgan fingerprint density at radius 1 is 1.22 bits per heavy atom. The molecule has 0 unspecified atom stereocenters. The Morgan fingerprint density at radius 2 is 2.17 bits per heavy atom. The maximum atomic E-state index is 12.7. The van der Waals surface area contributed by atoms with Crippen LogP contribution in [0.2, 0.25) is 0 Å². The lowest BCUT2D eigenvalue weighted by Gasteiger charge is -2.37. The van der Waals surface area contributed by atoms with E-state index in [0.717, 1.165) is 36.5 Å². The second-order valence-electron chi connectivity index (χ2n) is 6.65. The van der Waals surface area contributed by atoms with Crippen molar-refractivity contribution in [2.45, 2.75) is 18.9 Å². The molecule has 0 spiro atoms. The summed E-state index contributed by atoms with van der Waals surface area (Å²) < 4.78 is 4.02. The van der Waals surface area contributed by atoms with Crippen LogP contribution in [0.4, 0.5) is 0 Å². The van der Waals surface area contributed by atoms with Gasteiger partial charge >= 0.3 is 0 Å². The smallest absolute Gasteiger partial charge is 0.251 e. The zero-order valence-electron chi connectivity index (χ0n) is 12.8. The lowest BCUT2D eigenvalue weighted by molar-refractivity contribution is 0.257. The first-order valence-electron chi connectivity index (χ1n) is 8.17. The standard InChI is InChI=1S/C18H18N4O/c23-18-7-13(16-10-20-17-3-1-2-4-21(16)17)6-15-14-5-12(8-19-9-14)11-22(15)18/h1-4,6-7,10,12,14,19H,5,8-9,11H2/t12-,14+/m0/s1. The molecule has 0 aromatic carbocycles. The summed E-state index contributed by atoms with van der Waals surface area (Å²) in [7, 11) is 0. The maximum absolute atomic E-state index is 12.7. The first kappa shape index (κ1) is 13.1. The normalized spacial score (nSPS) is 23.0. The molecule has 1 N–H and O–H groups in total. The van der Waals surface area contributed by atoms with Crippen LogP contribution in [0, 0.1) is 5.92 Å².